The van der Waals surface area contributed by atoms with Gasteiger partial charge in [0.05, 0.1) is 40.7 Å². The van der Waals surface area contributed by atoms with E-state index in [1.165, 1.54) is 0 Å². The van der Waals surface area contributed by atoms with Crippen molar-refractivity contribution in [2.45, 2.75) is 0 Å². The lowest BCUT2D eigenvalue weighted by molar-refractivity contribution is 0.144. The maximum absolute atomic E-state index is 9.69. The number of nitrogens with one attached hydrogen (secondary N) is 1. The van der Waals surface area contributed by atoms with Crippen molar-refractivity contribution in [2.24, 2.45) is 0 Å². The molecule has 7 nitrogen and oxygen atoms in total. The van der Waals surface area contributed by atoms with E-state index in [2.05, 4.69) is 21.4 Å². The summed E-state index contributed by atoms with van der Waals surface area (Å²) in [5.74, 6) is 1.21. The molecule has 4 rings (SSSR count). The highest BCUT2D eigenvalue weighted by molar-refractivity contribution is 7.16. The fourth-order valence-electron chi connectivity index (χ4n) is 3.17. The van der Waals surface area contributed by atoms with Gasteiger partial charge < -0.3 is 19.5 Å². The molecule has 0 saturated carbocycles. The molecule has 0 aliphatic rings. The Kier molecular flexibility index (Phi) is 6.26. The number of aromatic nitrogens is 2. The molecule has 1 N–H and O–H groups in total. The molecular weight excluding hydrogens is 412 g/mol. The van der Waals surface area contributed by atoms with Crippen LogP contribution in [0.3, 0.4) is 0 Å². The Hall–Kier alpha value is -3.67. The van der Waals surface area contributed by atoms with E-state index in [-0.39, 0.29) is 0 Å². The summed E-state index contributed by atoms with van der Waals surface area (Å²) >= 11 is 1.57. The highest BCUT2D eigenvalue weighted by atomic mass is 32.1. The summed E-state index contributed by atoms with van der Waals surface area (Å²) in [4.78, 5) is 8.58. The number of nitriles is 1. The summed E-state index contributed by atoms with van der Waals surface area (Å²) in [7, 11) is 3.22. The Balaban J connectivity index is 1.75. The van der Waals surface area contributed by atoms with E-state index in [9.17, 15) is 5.26 Å². The zero-order valence-corrected chi connectivity index (χ0v) is 17.9. The molecule has 0 bridgehead atoms. The Morgan fingerprint density at radius 2 is 1.97 bits per heavy atom. The zero-order chi connectivity index (χ0) is 21.6. The average molecular weight is 433 g/mol. The van der Waals surface area contributed by atoms with Gasteiger partial charge in [0.25, 0.3) is 0 Å². The minimum absolute atomic E-state index is 0.396. The first kappa shape index (κ1) is 20.6. The van der Waals surface area contributed by atoms with Crippen molar-refractivity contribution in [3.63, 3.8) is 0 Å². The van der Waals surface area contributed by atoms with Crippen LogP contribution in [0.5, 0.6) is 11.5 Å². The number of anilines is 2. The lowest BCUT2D eigenvalue weighted by Gasteiger charge is -2.16. The van der Waals surface area contributed by atoms with Gasteiger partial charge in [0.15, 0.2) is 11.5 Å². The van der Waals surface area contributed by atoms with Crippen LogP contribution in [0.4, 0.5) is 11.4 Å². The van der Waals surface area contributed by atoms with Crippen molar-refractivity contribution < 1.29 is 14.2 Å². The van der Waals surface area contributed by atoms with Crippen LogP contribution < -0.4 is 14.8 Å². The predicted molar refractivity (Wildman–Crippen MR) is 121 cm³/mol. The van der Waals surface area contributed by atoms with E-state index >= 15 is 0 Å². The minimum atomic E-state index is 0.396. The highest BCUT2D eigenvalue weighted by Crippen LogP contribution is 2.38. The van der Waals surface area contributed by atoms with Gasteiger partial charge in [-0.05, 0) is 35.9 Å². The van der Waals surface area contributed by atoms with Gasteiger partial charge in [-0.3, -0.25) is 4.98 Å². The molecule has 2 aromatic carbocycles. The molecule has 2 heterocycles. The Morgan fingerprint density at radius 1 is 1.06 bits per heavy atom. The molecule has 0 spiro atoms. The standard InChI is InChI=1S/C23H20N4O3S/c1-28-7-8-30-21-9-15(3-6-20(21)29-2)18-13-25-12-16(11-24)23(18)27-17-4-5-19-22(10-17)31-14-26-19/h3-6,9-10,12-14H,7-8H2,1-2H3,(H,25,27). The number of hydrogen-bond donors (Lipinski definition) is 1. The first-order valence-electron chi connectivity index (χ1n) is 9.52. The topological polar surface area (TPSA) is 89.3 Å². The molecule has 31 heavy (non-hydrogen) atoms. The van der Waals surface area contributed by atoms with Crippen LogP contribution in [-0.4, -0.2) is 37.4 Å². The third-order valence-corrected chi connectivity index (χ3v) is 5.48. The maximum atomic E-state index is 9.69. The number of ether oxygens (including phenoxy) is 3. The van der Waals surface area contributed by atoms with Gasteiger partial charge in [-0.25, -0.2) is 4.98 Å². The van der Waals surface area contributed by atoms with Gasteiger partial charge >= 0.3 is 0 Å². The molecule has 0 unspecified atom stereocenters. The third-order valence-electron chi connectivity index (χ3n) is 4.69. The Labute approximate surface area is 183 Å². The minimum Gasteiger partial charge on any atom is -0.493 e. The molecular formula is C23H20N4O3S. The second kappa shape index (κ2) is 9.43. The van der Waals surface area contributed by atoms with Crippen molar-refractivity contribution in [1.29, 1.82) is 5.26 Å². The number of nitrogens with zero attached hydrogens (tertiary/aromatic N) is 3. The number of pyridine rings is 1. The van der Waals surface area contributed by atoms with Crippen LogP contribution in [-0.2, 0) is 4.74 Å². The van der Waals surface area contributed by atoms with Gasteiger partial charge in [-0.1, -0.05) is 6.07 Å². The molecule has 4 aromatic rings. The fourth-order valence-corrected chi connectivity index (χ4v) is 3.88. The van der Waals surface area contributed by atoms with Crippen LogP contribution in [0.1, 0.15) is 5.56 Å². The molecule has 0 atom stereocenters. The van der Waals surface area contributed by atoms with E-state index in [4.69, 9.17) is 14.2 Å². The predicted octanol–water partition coefficient (Wildman–Crippen LogP) is 5.01. The lowest BCUT2D eigenvalue weighted by atomic mass is 10.0. The fraction of sp³-hybridized carbons (Fsp3) is 0.174. The van der Waals surface area contributed by atoms with Gasteiger partial charge in [0.2, 0.25) is 0 Å². The van der Waals surface area contributed by atoms with Crippen LogP contribution in [0, 0.1) is 11.3 Å². The average Bonchev–Trinajstić information content (AvgIpc) is 3.27. The summed E-state index contributed by atoms with van der Waals surface area (Å²) in [5.41, 5.74) is 6.37. The first-order valence-corrected chi connectivity index (χ1v) is 10.4. The zero-order valence-electron chi connectivity index (χ0n) is 17.1. The first-order chi connectivity index (χ1) is 15.2. The summed E-state index contributed by atoms with van der Waals surface area (Å²) in [6.45, 7) is 0.860. The van der Waals surface area contributed by atoms with E-state index in [0.29, 0.717) is 36.0 Å². The number of hydrogen-bond acceptors (Lipinski definition) is 8. The third kappa shape index (κ3) is 4.43. The summed E-state index contributed by atoms with van der Waals surface area (Å²) < 4.78 is 17.4. The van der Waals surface area contributed by atoms with Gasteiger partial charge in [0.1, 0.15) is 12.7 Å². The van der Waals surface area contributed by atoms with E-state index < -0.39 is 0 Å². The molecule has 0 amide bonds. The number of fused-ring (bicyclic) bond motifs is 1. The van der Waals surface area contributed by atoms with Crippen LogP contribution in [0.2, 0.25) is 0 Å². The van der Waals surface area contributed by atoms with Crippen LogP contribution in [0.15, 0.2) is 54.3 Å². The van der Waals surface area contributed by atoms with Crippen molar-refractivity contribution in [3.05, 3.63) is 59.9 Å². The number of thiazole rings is 1. The smallest absolute Gasteiger partial charge is 0.161 e. The van der Waals surface area contributed by atoms with Crippen molar-refractivity contribution >= 4 is 32.9 Å². The number of rotatable bonds is 8. The molecule has 156 valence electrons. The van der Waals surface area contributed by atoms with Crippen molar-refractivity contribution in [3.8, 4) is 28.7 Å². The Morgan fingerprint density at radius 3 is 2.77 bits per heavy atom. The molecule has 2 aromatic heterocycles. The highest BCUT2D eigenvalue weighted by Gasteiger charge is 2.15. The summed E-state index contributed by atoms with van der Waals surface area (Å²) in [5, 5.41) is 13.1. The number of methoxy groups -OCH3 is 2. The molecule has 0 aliphatic carbocycles. The SMILES string of the molecule is COCCOc1cc(-c2cncc(C#N)c2Nc2ccc3ncsc3c2)ccc1OC. The number of benzene rings is 2. The van der Waals surface area contributed by atoms with Gasteiger partial charge in [-0.2, -0.15) is 5.26 Å². The monoisotopic (exact) mass is 432 g/mol. The quantitative estimate of drug-likeness (QED) is 0.392. The van der Waals surface area contributed by atoms with Crippen molar-refractivity contribution in [2.75, 3.05) is 32.8 Å². The Bertz CT molecular complexity index is 1250. The molecule has 0 saturated heterocycles. The second-order valence-electron chi connectivity index (χ2n) is 6.59. The van der Waals surface area contributed by atoms with E-state index in [0.717, 1.165) is 27.0 Å². The molecule has 0 radical (unpaired) electrons. The molecule has 0 aliphatic heterocycles. The van der Waals surface area contributed by atoms with Gasteiger partial charge in [0, 0.05) is 30.8 Å². The largest absolute Gasteiger partial charge is 0.493 e. The van der Waals surface area contributed by atoms with Crippen LogP contribution in [0.25, 0.3) is 21.3 Å². The van der Waals surface area contributed by atoms with Crippen LogP contribution >= 0.6 is 11.3 Å². The summed E-state index contributed by atoms with van der Waals surface area (Å²) in [6.07, 6.45) is 3.28. The molecule has 0 fully saturated rings. The van der Waals surface area contributed by atoms with Crippen molar-refractivity contribution in [1.82, 2.24) is 9.97 Å². The van der Waals surface area contributed by atoms with Gasteiger partial charge in [-0.15, -0.1) is 11.3 Å². The van der Waals surface area contributed by atoms with E-state index in [1.54, 1.807) is 38.0 Å². The maximum Gasteiger partial charge on any atom is 0.161 e. The molecule has 8 heteroatoms. The lowest BCUT2D eigenvalue weighted by Crippen LogP contribution is -2.05. The second-order valence-corrected chi connectivity index (χ2v) is 7.47. The normalized spacial score (nSPS) is 10.6. The van der Waals surface area contributed by atoms with E-state index in [1.807, 2.05) is 41.9 Å². The summed E-state index contributed by atoms with van der Waals surface area (Å²) in [6, 6.07) is 13.8.